The van der Waals surface area contributed by atoms with Crippen molar-refractivity contribution in [1.82, 2.24) is 0 Å². The molecule has 0 bridgehead atoms. The highest BCUT2D eigenvalue weighted by molar-refractivity contribution is 5.89. The molecule has 0 fully saturated rings. The zero-order valence-corrected chi connectivity index (χ0v) is 12.1. The highest BCUT2D eigenvalue weighted by Crippen LogP contribution is 2.38. The Labute approximate surface area is 130 Å². The first-order valence-electron chi connectivity index (χ1n) is 6.96. The van der Waals surface area contributed by atoms with Crippen LogP contribution in [0.15, 0.2) is 60.7 Å². The van der Waals surface area contributed by atoms with Crippen LogP contribution >= 0.6 is 0 Å². The maximum Gasteiger partial charge on any atom is 0.115 e. The zero-order chi connectivity index (χ0) is 15.7. The Morgan fingerprint density at radius 1 is 0.500 bits per heavy atom. The maximum absolute atomic E-state index is 9.49. The third-order valence-electron chi connectivity index (χ3n) is 3.69. The van der Waals surface area contributed by atoms with E-state index in [1.54, 1.807) is 24.3 Å². The lowest BCUT2D eigenvalue weighted by molar-refractivity contribution is 0.475. The minimum Gasteiger partial charge on any atom is -0.508 e. The summed E-state index contributed by atoms with van der Waals surface area (Å²) in [5, 5.41) is 19.0. The lowest BCUT2D eigenvalue weighted by Crippen LogP contribution is -1.92. The van der Waals surface area contributed by atoms with Crippen molar-refractivity contribution in [2.45, 2.75) is 0 Å². The molecular weight excluding hydrogens is 272 g/mol. The molecule has 0 spiro atoms. The fourth-order valence-electron chi connectivity index (χ4n) is 2.60. The average molecular weight is 288 g/mol. The molecular formula is C20H16O2. The Morgan fingerprint density at radius 2 is 0.818 bits per heavy atom. The summed E-state index contributed by atoms with van der Waals surface area (Å²) in [5.41, 5.74) is 5.69. The molecule has 2 nitrogen and oxygen atoms in total. The van der Waals surface area contributed by atoms with E-state index in [0.717, 1.165) is 33.4 Å². The van der Waals surface area contributed by atoms with E-state index < -0.39 is 0 Å². The van der Waals surface area contributed by atoms with Gasteiger partial charge in [-0.1, -0.05) is 36.4 Å². The Hall–Kier alpha value is -2.74. The maximum atomic E-state index is 9.49. The van der Waals surface area contributed by atoms with Crippen molar-refractivity contribution in [3.63, 3.8) is 0 Å². The van der Waals surface area contributed by atoms with Gasteiger partial charge >= 0.3 is 0 Å². The standard InChI is InChI=1S/C20H16O2/c1-13-3-4-14(2)20(16-7-11-18(22)12-8-16)19(13)15-5-9-17(21)10-6-15/h3-12,21-22H,1-2H2. The predicted octanol–water partition coefficient (Wildman–Crippen LogP) is 4.80. The normalized spacial score (nSPS) is 10.6. The third kappa shape index (κ3) is 2.56. The summed E-state index contributed by atoms with van der Waals surface area (Å²) in [6.07, 6.45) is 0. The smallest absolute Gasteiger partial charge is 0.115 e. The topological polar surface area (TPSA) is 40.5 Å². The van der Waals surface area contributed by atoms with E-state index in [1.807, 2.05) is 36.4 Å². The molecule has 0 aliphatic heterocycles. The van der Waals surface area contributed by atoms with Crippen LogP contribution in [0.4, 0.5) is 0 Å². The second-order valence-corrected chi connectivity index (χ2v) is 5.23. The molecule has 2 heteroatoms. The van der Waals surface area contributed by atoms with Crippen LogP contribution < -0.4 is 0 Å². The van der Waals surface area contributed by atoms with Gasteiger partial charge in [0.25, 0.3) is 0 Å². The van der Waals surface area contributed by atoms with Gasteiger partial charge in [-0.15, -0.1) is 0 Å². The number of phenols is 2. The van der Waals surface area contributed by atoms with Crippen LogP contribution in [0.5, 0.6) is 11.5 Å². The summed E-state index contributed by atoms with van der Waals surface area (Å²) in [7, 11) is 0. The molecule has 0 heterocycles. The van der Waals surface area contributed by atoms with Crippen molar-refractivity contribution in [1.29, 1.82) is 0 Å². The Bertz CT molecular complexity index is 730. The largest absolute Gasteiger partial charge is 0.508 e. The van der Waals surface area contributed by atoms with Crippen LogP contribution in [0.2, 0.25) is 0 Å². The van der Waals surface area contributed by atoms with E-state index in [4.69, 9.17) is 0 Å². The monoisotopic (exact) mass is 288 g/mol. The van der Waals surface area contributed by atoms with Crippen LogP contribution in [-0.4, -0.2) is 10.2 Å². The van der Waals surface area contributed by atoms with Gasteiger partial charge in [0.1, 0.15) is 11.5 Å². The summed E-state index contributed by atoms with van der Waals surface area (Å²) in [4.78, 5) is 0. The van der Waals surface area contributed by atoms with E-state index >= 15 is 0 Å². The minimum atomic E-state index is 0.228. The van der Waals surface area contributed by atoms with Gasteiger partial charge in [0, 0.05) is 0 Å². The van der Waals surface area contributed by atoms with Gasteiger partial charge in [-0.3, -0.25) is 0 Å². The SMILES string of the molecule is [CH2]c1ccc([CH2])c(-c2ccc(O)cc2)c1-c1ccc(O)cc1. The molecule has 0 amide bonds. The van der Waals surface area contributed by atoms with Crippen molar-refractivity contribution in [2.24, 2.45) is 0 Å². The number of benzene rings is 3. The van der Waals surface area contributed by atoms with Crippen molar-refractivity contribution < 1.29 is 10.2 Å². The number of aromatic hydroxyl groups is 2. The van der Waals surface area contributed by atoms with Gasteiger partial charge in [0.15, 0.2) is 0 Å². The van der Waals surface area contributed by atoms with Crippen LogP contribution in [0, 0.1) is 13.8 Å². The third-order valence-corrected chi connectivity index (χ3v) is 3.69. The lowest BCUT2D eigenvalue weighted by atomic mass is 9.88. The van der Waals surface area contributed by atoms with Crippen molar-refractivity contribution in [3.8, 4) is 33.8 Å². The Morgan fingerprint density at radius 3 is 1.14 bits per heavy atom. The van der Waals surface area contributed by atoms with E-state index in [0.29, 0.717) is 0 Å². The molecule has 2 radical (unpaired) electrons. The molecule has 2 N–H and O–H groups in total. The first-order valence-corrected chi connectivity index (χ1v) is 6.96. The minimum absolute atomic E-state index is 0.228. The van der Waals surface area contributed by atoms with Crippen LogP contribution in [0.3, 0.4) is 0 Å². The molecule has 0 aromatic heterocycles. The van der Waals surface area contributed by atoms with Crippen molar-refractivity contribution in [3.05, 3.63) is 85.6 Å². The number of hydrogen-bond donors (Lipinski definition) is 2. The second-order valence-electron chi connectivity index (χ2n) is 5.23. The highest BCUT2D eigenvalue weighted by atomic mass is 16.3. The molecule has 0 atom stereocenters. The average Bonchev–Trinajstić information content (AvgIpc) is 2.51. The van der Waals surface area contributed by atoms with Crippen LogP contribution in [0.1, 0.15) is 11.1 Å². The van der Waals surface area contributed by atoms with E-state index in [1.165, 1.54) is 0 Å². The fourth-order valence-corrected chi connectivity index (χ4v) is 2.60. The van der Waals surface area contributed by atoms with Gasteiger partial charge < -0.3 is 10.2 Å². The van der Waals surface area contributed by atoms with Crippen molar-refractivity contribution >= 4 is 0 Å². The Balaban J connectivity index is 2.27. The molecule has 3 aromatic carbocycles. The molecule has 3 aromatic rings. The van der Waals surface area contributed by atoms with Gasteiger partial charge in [0.2, 0.25) is 0 Å². The summed E-state index contributed by atoms with van der Waals surface area (Å²) < 4.78 is 0. The van der Waals surface area contributed by atoms with Crippen molar-refractivity contribution in [2.75, 3.05) is 0 Å². The molecule has 0 aliphatic carbocycles. The second kappa shape index (κ2) is 5.57. The first-order chi connectivity index (χ1) is 10.6. The number of rotatable bonds is 2. The number of hydrogen-bond acceptors (Lipinski definition) is 2. The summed E-state index contributed by atoms with van der Waals surface area (Å²) in [6, 6.07) is 18.0. The lowest BCUT2D eigenvalue weighted by Gasteiger charge is -2.16. The van der Waals surface area contributed by atoms with E-state index in [-0.39, 0.29) is 11.5 Å². The Kier molecular flexibility index (Phi) is 3.60. The van der Waals surface area contributed by atoms with Gasteiger partial charge in [-0.25, -0.2) is 0 Å². The molecule has 0 saturated carbocycles. The summed E-state index contributed by atoms with van der Waals surface area (Å²) in [5.74, 6) is 0.456. The van der Waals surface area contributed by atoms with Gasteiger partial charge in [-0.2, -0.15) is 0 Å². The highest BCUT2D eigenvalue weighted by Gasteiger charge is 2.13. The van der Waals surface area contributed by atoms with E-state index in [9.17, 15) is 10.2 Å². The van der Waals surface area contributed by atoms with E-state index in [2.05, 4.69) is 13.8 Å². The van der Waals surface area contributed by atoms with Gasteiger partial charge in [-0.05, 0) is 71.5 Å². The summed E-state index contributed by atoms with van der Waals surface area (Å²) in [6.45, 7) is 8.25. The first kappa shape index (κ1) is 14.2. The predicted molar refractivity (Wildman–Crippen MR) is 89.6 cm³/mol. The summed E-state index contributed by atoms with van der Waals surface area (Å²) >= 11 is 0. The molecule has 108 valence electrons. The molecule has 0 saturated heterocycles. The van der Waals surface area contributed by atoms with Crippen LogP contribution in [0.25, 0.3) is 22.3 Å². The van der Waals surface area contributed by atoms with Crippen LogP contribution in [-0.2, 0) is 0 Å². The molecule has 0 unspecified atom stereocenters. The molecule has 3 rings (SSSR count). The molecule has 22 heavy (non-hydrogen) atoms. The van der Waals surface area contributed by atoms with Gasteiger partial charge in [0.05, 0.1) is 0 Å². The fraction of sp³-hybridized carbons (Fsp3) is 0. The quantitative estimate of drug-likeness (QED) is 0.711. The molecule has 0 aliphatic rings. The number of phenolic OH excluding ortho intramolecular Hbond substituents is 2. The zero-order valence-electron chi connectivity index (χ0n) is 12.1.